The molecule has 11 rings (SSSR count). The lowest BCUT2D eigenvalue weighted by atomic mass is 9.72. The Bertz CT molecular complexity index is 3760. The third kappa shape index (κ3) is 13.7. The van der Waals surface area contributed by atoms with Gasteiger partial charge in [0.05, 0.1) is 21.6 Å². The standard InChI is InChI=1S/C63H69ClN10O10S2/c1-63(2)23-19-43(50(35-63)41-9-11-44(64)12-10-41)38-70-27-29-71(30-28-70)45-13-15-49(55(33-45)84-46-32-42-20-24-65-59(42)67-37-46)60(77)69-86(82,83)47-14-16-52(54(34-47)74(80)81)66-36-40-21-25-72(26-22-40)58(76)8-3-4-31-85-56-7-5-6-48-51(56)39-73(62(48)79)53-17-18-57(75)68-61(53)78/h5-7,9-16,20,24,32-34,37,40,53,66H,3-4,8,17-19,21-23,25-31,35-36,38-39H2,1-2H3,(H,65,67)(H,69,77)(H,68,75,78). The summed E-state index contributed by atoms with van der Waals surface area (Å²) in [6.45, 7) is 10.2. The quantitative estimate of drug-likeness (QED) is 0.0182. The number of carbonyl (C=O) groups excluding carboxylic acids is 5. The minimum Gasteiger partial charge on any atom is -0.455 e. The molecule has 0 bridgehead atoms. The number of likely N-dealkylation sites (tertiary alicyclic amines) is 1. The second-order valence-corrected chi connectivity index (χ2v) is 26.9. The first-order valence-electron chi connectivity index (χ1n) is 29.3. The number of unbranched alkanes of at least 4 members (excludes halogenated alkanes) is 1. The minimum atomic E-state index is -4.66. The number of halogens is 1. The van der Waals surface area contributed by atoms with Gasteiger partial charge in [0, 0.05) is 117 Å². The molecule has 4 aliphatic heterocycles. The van der Waals surface area contributed by atoms with Crippen LogP contribution in [0.25, 0.3) is 16.6 Å². The molecule has 20 nitrogen and oxygen atoms in total. The highest BCUT2D eigenvalue weighted by atomic mass is 35.5. The van der Waals surface area contributed by atoms with Crippen LogP contribution in [0, 0.1) is 21.4 Å². The van der Waals surface area contributed by atoms with Gasteiger partial charge in [-0.2, -0.15) is 0 Å². The van der Waals surface area contributed by atoms with Crippen LogP contribution in [-0.4, -0.2) is 132 Å². The molecule has 23 heteroatoms. The number of amides is 5. The van der Waals surface area contributed by atoms with E-state index in [2.05, 4.69) is 61.1 Å². The monoisotopic (exact) mass is 1220 g/mol. The van der Waals surface area contributed by atoms with Crippen molar-refractivity contribution < 1.29 is 42.1 Å². The van der Waals surface area contributed by atoms with Crippen LogP contribution in [0.4, 0.5) is 17.1 Å². The van der Waals surface area contributed by atoms with Crippen LogP contribution in [0.5, 0.6) is 11.5 Å². The number of H-pyrrole nitrogens is 1. The molecule has 0 saturated carbocycles. The summed E-state index contributed by atoms with van der Waals surface area (Å²) in [6.07, 6.45) is 10.1. The Hall–Kier alpha value is -7.79. The van der Waals surface area contributed by atoms with Gasteiger partial charge in [0.2, 0.25) is 17.7 Å². The molecule has 3 saturated heterocycles. The van der Waals surface area contributed by atoms with Crippen molar-refractivity contribution in [2.75, 3.05) is 68.3 Å². The molecule has 6 heterocycles. The van der Waals surface area contributed by atoms with Gasteiger partial charge in [-0.05, 0) is 146 Å². The smallest absolute Gasteiger partial charge is 0.293 e. The number of ether oxygens (including phenoxy) is 1. The number of pyridine rings is 1. The van der Waals surface area contributed by atoms with E-state index in [1.807, 2.05) is 35.2 Å². The van der Waals surface area contributed by atoms with E-state index < -0.39 is 43.4 Å². The molecule has 1 unspecified atom stereocenters. The Kier molecular flexibility index (Phi) is 17.9. The van der Waals surface area contributed by atoms with Gasteiger partial charge < -0.3 is 29.7 Å². The molecule has 0 spiro atoms. The summed E-state index contributed by atoms with van der Waals surface area (Å²) in [6, 6.07) is 25.1. The number of aromatic amines is 1. The number of benzene rings is 4. The zero-order valence-corrected chi connectivity index (χ0v) is 50.5. The first kappa shape index (κ1) is 59.9. The van der Waals surface area contributed by atoms with Gasteiger partial charge in [-0.25, -0.2) is 18.1 Å². The number of aromatic nitrogens is 2. The van der Waals surface area contributed by atoms with E-state index in [1.54, 1.807) is 47.1 Å². The first-order chi connectivity index (χ1) is 41.3. The fourth-order valence-electron chi connectivity index (χ4n) is 12.2. The van der Waals surface area contributed by atoms with E-state index in [9.17, 15) is 42.5 Å². The van der Waals surface area contributed by atoms with Crippen molar-refractivity contribution in [2.45, 2.75) is 100 Å². The van der Waals surface area contributed by atoms with Crippen molar-refractivity contribution in [1.29, 1.82) is 0 Å². The van der Waals surface area contributed by atoms with E-state index in [0.717, 1.165) is 78.7 Å². The third-order valence-corrected chi connectivity index (χ3v) is 19.9. The lowest BCUT2D eigenvalue weighted by Crippen LogP contribution is -2.52. The molecule has 4 N–H and O–H groups in total. The molecular formula is C63H69ClN10O10S2. The molecule has 2 aromatic heterocycles. The van der Waals surface area contributed by atoms with Crippen LogP contribution in [0.15, 0.2) is 119 Å². The van der Waals surface area contributed by atoms with E-state index >= 15 is 0 Å². The molecule has 4 aromatic carbocycles. The normalized spacial score (nSPS) is 18.5. The Morgan fingerprint density at radius 1 is 0.919 bits per heavy atom. The Morgan fingerprint density at radius 2 is 1.71 bits per heavy atom. The summed E-state index contributed by atoms with van der Waals surface area (Å²) in [7, 11) is -4.66. The number of rotatable bonds is 20. The maximum absolute atomic E-state index is 14.2. The minimum absolute atomic E-state index is 0.0573. The molecule has 1 atom stereocenters. The van der Waals surface area contributed by atoms with Crippen molar-refractivity contribution >= 4 is 96.6 Å². The number of anilines is 2. The summed E-state index contributed by atoms with van der Waals surface area (Å²) in [5, 5.41) is 19.4. The molecule has 5 aliphatic rings. The van der Waals surface area contributed by atoms with Gasteiger partial charge in [-0.1, -0.05) is 49.2 Å². The highest BCUT2D eigenvalue weighted by molar-refractivity contribution is 7.99. The number of hydrogen-bond donors (Lipinski definition) is 4. The van der Waals surface area contributed by atoms with E-state index in [0.29, 0.717) is 93.4 Å². The maximum Gasteiger partial charge on any atom is 0.293 e. The van der Waals surface area contributed by atoms with Crippen molar-refractivity contribution in [1.82, 2.24) is 34.7 Å². The molecule has 450 valence electrons. The number of piperidine rings is 2. The Morgan fingerprint density at radius 3 is 2.48 bits per heavy atom. The molecule has 6 aromatic rings. The molecule has 1 aliphatic carbocycles. The SMILES string of the molecule is CC1(C)CCC(CN2CCN(c3ccc(C(=O)NS(=O)(=O)c4ccc(NCC5CCN(C(=O)CCCCSc6cccc7c6CN(C6CCC(=O)NC6=O)C7=O)CC5)c([N+](=O)[O-])c4)c(Oc4cnc5[nH]ccc5c4)c3)CC2)=C(c2ccc(Cl)cc2)C1. The summed E-state index contributed by atoms with van der Waals surface area (Å²) in [5.41, 5.74) is 6.69. The number of nitro benzene ring substituents is 1. The van der Waals surface area contributed by atoms with Gasteiger partial charge in [0.25, 0.3) is 27.5 Å². The lowest BCUT2D eigenvalue weighted by molar-refractivity contribution is -0.384. The number of piperazine rings is 1. The maximum atomic E-state index is 14.2. The summed E-state index contributed by atoms with van der Waals surface area (Å²) in [5.74, 6) is -0.680. The molecule has 86 heavy (non-hydrogen) atoms. The Labute approximate surface area is 508 Å². The predicted molar refractivity (Wildman–Crippen MR) is 330 cm³/mol. The van der Waals surface area contributed by atoms with Crippen LogP contribution in [0.1, 0.15) is 110 Å². The lowest BCUT2D eigenvalue weighted by Gasteiger charge is -2.39. The van der Waals surface area contributed by atoms with Gasteiger partial charge in [0.15, 0.2) is 0 Å². The molecule has 0 radical (unpaired) electrons. The van der Waals surface area contributed by atoms with Crippen LogP contribution in [0.2, 0.25) is 5.02 Å². The molecule has 5 amide bonds. The molecular weight excluding hydrogens is 1160 g/mol. The number of sulfonamides is 1. The van der Waals surface area contributed by atoms with E-state index in [4.69, 9.17) is 16.3 Å². The second-order valence-electron chi connectivity index (χ2n) is 23.6. The number of fused-ring (bicyclic) bond motifs is 2. The van der Waals surface area contributed by atoms with Gasteiger partial charge >= 0.3 is 0 Å². The highest BCUT2D eigenvalue weighted by Crippen LogP contribution is 2.44. The third-order valence-electron chi connectivity index (χ3n) is 17.2. The van der Waals surface area contributed by atoms with Crippen LogP contribution in [-0.2, 0) is 31.0 Å². The Balaban J connectivity index is 0.676. The number of imide groups is 1. The number of nitrogens with zero attached hydrogens (tertiary/aromatic N) is 6. The summed E-state index contributed by atoms with van der Waals surface area (Å²) < 4.78 is 36.5. The average molecular weight is 1230 g/mol. The average Bonchev–Trinajstić information content (AvgIpc) is 3.04. The van der Waals surface area contributed by atoms with Crippen LogP contribution >= 0.6 is 23.4 Å². The number of nitro groups is 1. The van der Waals surface area contributed by atoms with Crippen molar-refractivity contribution in [3.05, 3.63) is 146 Å². The fraction of sp³-hybridized carbons (Fsp3) is 0.397. The first-order valence-corrected chi connectivity index (χ1v) is 32.2. The zero-order valence-electron chi connectivity index (χ0n) is 48.1. The van der Waals surface area contributed by atoms with Crippen LogP contribution < -0.4 is 25.0 Å². The fourth-order valence-corrected chi connectivity index (χ4v) is 14.5. The van der Waals surface area contributed by atoms with Crippen LogP contribution in [0.3, 0.4) is 0 Å². The highest BCUT2D eigenvalue weighted by Gasteiger charge is 2.40. The summed E-state index contributed by atoms with van der Waals surface area (Å²) in [4.78, 5) is 92.8. The summed E-state index contributed by atoms with van der Waals surface area (Å²) >= 11 is 7.89. The molecule has 3 fully saturated rings. The second kappa shape index (κ2) is 25.7. The van der Waals surface area contributed by atoms with Crippen molar-refractivity contribution in [3.63, 3.8) is 0 Å². The van der Waals surface area contributed by atoms with Crippen molar-refractivity contribution in [3.8, 4) is 11.5 Å². The van der Waals surface area contributed by atoms with Gasteiger partial charge in [-0.3, -0.25) is 44.3 Å². The van der Waals surface area contributed by atoms with E-state index in [-0.39, 0.29) is 52.5 Å². The number of carbonyl (C=O) groups is 5. The predicted octanol–water partition coefficient (Wildman–Crippen LogP) is 10.2. The number of thioether (sulfide) groups is 1. The zero-order chi connectivity index (χ0) is 60.3. The number of nitrogens with one attached hydrogen (secondary N) is 4. The topological polar surface area (TPSA) is 250 Å². The van der Waals surface area contributed by atoms with Gasteiger partial charge in [0.1, 0.15) is 28.9 Å². The largest absolute Gasteiger partial charge is 0.455 e. The van der Waals surface area contributed by atoms with E-state index in [1.165, 1.54) is 41.1 Å². The van der Waals surface area contributed by atoms with Gasteiger partial charge in [-0.15, -0.1) is 11.8 Å². The van der Waals surface area contributed by atoms with Crippen molar-refractivity contribution in [2.24, 2.45) is 11.3 Å². The number of hydrogen-bond acceptors (Lipinski definition) is 15. The number of allylic oxidation sites excluding steroid dienone is 1.